The van der Waals surface area contributed by atoms with Crippen molar-refractivity contribution in [3.8, 4) is 0 Å². The van der Waals surface area contributed by atoms with E-state index in [1.54, 1.807) is 18.9 Å². The van der Waals surface area contributed by atoms with Crippen LogP contribution in [0.2, 0.25) is 0 Å². The molecule has 21 heavy (non-hydrogen) atoms. The highest BCUT2D eigenvalue weighted by molar-refractivity contribution is 7.99. The summed E-state index contributed by atoms with van der Waals surface area (Å²) in [4.78, 5) is 1.26. The average molecular weight is 310 g/mol. The molecular formula is C17H26O3S. The van der Waals surface area contributed by atoms with Gasteiger partial charge >= 0.3 is 0 Å². The van der Waals surface area contributed by atoms with Gasteiger partial charge in [0.25, 0.3) is 0 Å². The highest BCUT2D eigenvalue weighted by Crippen LogP contribution is 2.26. The summed E-state index contributed by atoms with van der Waals surface area (Å²) in [6.45, 7) is 1.64. The van der Waals surface area contributed by atoms with Gasteiger partial charge in [0.15, 0.2) is 6.29 Å². The van der Waals surface area contributed by atoms with Gasteiger partial charge in [0.1, 0.15) is 5.44 Å². The van der Waals surface area contributed by atoms with Crippen molar-refractivity contribution < 1.29 is 14.2 Å². The van der Waals surface area contributed by atoms with E-state index >= 15 is 0 Å². The number of hydrogen-bond donors (Lipinski definition) is 0. The second-order valence-electron chi connectivity index (χ2n) is 5.26. The predicted octanol–water partition coefficient (Wildman–Crippen LogP) is 4.46. The molecule has 0 aliphatic carbocycles. The molecule has 1 aliphatic rings. The van der Waals surface area contributed by atoms with E-state index in [1.165, 1.54) is 17.7 Å². The first-order valence-corrected chi connectivity index (χ1v) is 8.74. The van der Waals surface area contributed by atoms with Crippen LogP contribution < -0.4 is 0 Å². The molecule has 2 atom stereocenters. The Morgan fingerprint density at radius 2 is 2.10 bits per heavy atom. The molecule has 1 aromatic carbocycles. The molecule has 0 spiro atoms. The van der Waals surface area contributed by atoms with E-state index in [1.807, 2.05) is 6.07 Å². The maximum atomic E-state index is 5.75. The van der Waals surface area contributed by atoms with Crippen LogP contribution in [0.25, 0.3) is 0 Å². The molecule has 1 heterocycles. The summed E-state index contributed by atoms with van der Waals surface area (Å²) in [5, 5.41) is 0. The quantitative estimate of drug-likeness (QED) is 0.382. The largest absolute Gasteiger partial charge is 0.370 e. The zero-order valence-electron chi connectivity index (χ0n) is 12.8. The fraction of sp³-hybridized carbons (Fsp3) is 0.647. The second kappa shape index (κ2) is 10.2. The van der Waals surface area contributed by atoms with E-state index in [9.17, 15) is 0 Å². The van der Waals surface area contributed by atoms with E-state index < -0.39 is 0 Å². The third-order valence-electron chi connectivity index (χ3n) is 3.55. The van der Waals surface area contributed by atoms with Gasteiger partial charge in [-0.05, 0) is 50.7 Å². The van der Waals surface area contributed by atoms with E-state index in [0.717, 1.165) is 38.9 Å². The molecule has 0 aromatic heterocycles. The molecule has 1 aromatic rings. The maximum absolute atomic E-state index is 5.75. The number of thioether (sulfide) groups is 1. The number of methoxy groups -OCH3 is 1. The highest BCUT2D eigenvalue weighted by atomic mass is 32.2. The monoisotopic (exact) mass is 310 g/mol. The van der Waals surface area contributed by atoms with Gasteiger partial charge < -0.3 is 14.2 Å². The SMILES string of the molecule is COC(CCCCOC1CCCCO1)Sc1ccccc1. The van der Waals surface area contributed by atoms with Crippen molar-refractivity contribution in [2.75, 3.05) is 20.3 Å². The first-order chi connectivity index (χ1) is 10.4. The second-order valence-corrected chi connectivity index (χ2v) is 6.49. The molecule has 2 unspecified atom stereocenters. The first-order valence-electron chi connectivity index (χ1n) is 7.86. The Kier molecular flexibility index (Phi) is 8.18. The molecular weight excluding hydrogens is 284 g/mol. The van der Waals surface area contributed by atoms with Crippen LogP contribution in [0.3, 0.4) is 0 Å². The third kappa shape index (κ3) is 6.83. The van der Waals surface area contributed by atoms with Crippen LogP contribution in [-0.2, 0) is 14.2 Å². The van der Waals surface area contributed by atoms with Crippen molar-refractivity contribution >= 4 is 11.8 Å². The Labute approximate surface area is 132 Å². The van der Waals surface area contributed by atoms with E-state index in [-0.39, 0.29) is 11.7 Å². The van der Waals surface area contributed by atoms with E-state index in [0.29, 0.717) is 0 Å². The van der Waals surface area contributed by atoms with Gasteiger partial charge in [0.05, 0.1) is 0 Å². The Bertz CT molecular complexity index is 366. The third-order valence-corrected chi connectivity index (χ3v) is 4.78. The fourth-order valence-electron chi connectivity index (χ4n) is 2.35. The highest BCUT2D eigenvalue weighted by Gasteiger charge is 2.14. The molecule has 0 amide bonds. The number of hydrogen-bond acceptors (Lipinski definition) is 4. The number of rotatable bonds is 9. The zero-order valence-corrected chi connectivity index (χ0v) is 13.6. The molecule has 118 valence electrons. The minimum Gasteiger partial charge on any atom is -0.370 e. The maximum Gasteiger partial charge on any atom is 0.157 e. The summed E-state index contributed by atoms with van der Waals surface area (Å²) in [5.74, 6) is 0. The van der Waals surface area contributed by atoms with Gasteiger partial charge in [-0.25, -0.2) is 0 Å². The van der Waals surface area contributed by atoms with Crippen molar-refractivity contribution in [3.05, 3.63) is 30.3 Å². The Morgan fingerprint density at radius 3 is 2.81 bits per heavy atom. The number of benzene rings is 1. The normalized spacial score (nSPS) is 20.3. The lowest BCUT2D eigenvalue weighted by molar-refractivity contribution is -0.162. The first kappa shape index (κ1) is 16.8. The van der Waals surface area contributed by atoms with Crippen molar-refractivity contribution in [2.24, 2.45) is 0 Å². The Morgan fingerprint density at radius 1 is 1.24 bits per heavy atom. The van der Waals surface area contributed by atoms with Gasteiger partial charge in [0.2, 0.25) is 0 Å². The lowest BCUT2D eigenvalue weighted by Gasteiger charge is -2.22. The fourth-order valence-corrected chi connectivity index (χ4v) is 3.34. The molecule has 1 saturated heterocycles. The summed E-state index contributed by atoms with van der Waals surface area (Å²) in [6.07, 6.45) is 6.71. The topological polar surface area (TPSA) is 27.7 Å². The molecule has 1 aliphatic heterocycles. The van der Waals surface area contributed by atoms with Gasteiger partial charge in [-0.15, -0.1) is 0 Å². The van der Waals surface area contributed by atoms with Crippen molar-refractivity contribution in [3.63, 3.8) is 0 Å². The Hall–Kier alpha value is -0.550. The van der Waals surface area contributed by atoms with Crippen LogP contribution >= 0.6 is 11.8 Å². The number of unbranched alkanes of at least 4 members (excludes halogenated alkanes) is 1. The summed E-state index contributed by atoms with van der Waals surface area (Å²) in [6, 6.07) is 10.4. The average Bonchev–Trinajstić information content (AvgIpc) is 2.55. The van der Waals surface area contributed by atoms with Gasteiger partial charge in [-0.1, -0.05) is 30.0 Å². The standard InChI is InChI=1S/C17H26O3S/c1-18-17(21-15-9-3-2-4-10-15)12-6-8-14-20-16-11-5-7-13-19-16/h2-4,9-10,16-17H,5-8,11-14H2,1H3. The van der Waals surface area contributed by atoms with Gasteiger partial charge in [-0.3, -0.25) is 0 Å². The molecule has 2 rings (SSSR count). The van der Waals surface area contributed by atoms with Gasteiger partial charge in [0, 0.05) is 25.2 Å². The summed E-state index contributed by atoms with van der Waals surface area (Å²) >= 11 is 1.79. The van der Waals surface area contributed by atoms with Crippen LogP contribution in [0.4, 0.5) is 0 Å². The van der Waals surface area contributed by atoms with Crippen LogP contribution in [0, 0.1) is 0 Å². The van der Waals surface area contributed by atoms with Crippen LogP contribution in [0.15, 0.2) is 35.2 Å². The molecule has 0 N–H and O–H groups in total. The molecule has 0 radical (unpaired) electrons. The van der Waals surface area contributed by atoms with Gasteiger partial charge in [-0.2, -0.15) is 0 Å². The Balaban J connectivity index is 1.55. The van der Waals surface area contributed by atoms with Crippen LogP contribution in [0.5, 0.6) is 0 Å². The molecule has 0 bridgehead atoms. The van der Waals surface area contributed by atoms with E-state index in [2.05, 4.69) is 24.3 Å². The summed E-state index contributed by atoms with van der Waals surface area (Å²) in [5.41, 5.74) is 0.221. The summed E-state index contributed by atoms with van der Waals surface area (Å²) in [7, 11) is 1.78. The van der Waals surface area contributed by atoms with Crippen molar-refractivity contribution in [1.29, 1.82) is 0 Å². The molecule has 0 saturated carbocycles. The minimum atomic E-state index is 0.0377. The smallest absolute Gasteiger partial charge is 0.157 e. The van der Waals surface area contributed by atoms with Crippen molar-refractivity contribution in [1.82, 2.24) is 0 Å². The zero-order chi connectivity index (χ0) is 14.8. The number of ether oxygens (including phenoxy) is 3. The molecule has 1 fully saturated rings. The summed E-state index contributed by atoms with van der Waals surface area (Å²) < 4.78 is 16.8. The van der Waals surface area contributed by atoms with Crippen LogP contribution in [-0.4, -0.2) is 32.0 Å². The lowest BCUT2D eigenvalue weighted by atomic mass is 10.2. The molecule has 4 heteroatoms. The van der Waals surface area contributed by atoms with Crippen LogP contribution in [0.1, 0.15) is 38.5 Å². The van der Waals surface area contributed by atoms with E-state index in [4.69, 9.17) is 14.2 Å². The lowest BCUT2D eigenvalue weighted by Crippen LogP contribution is -2.22. The van der Waals surface area contributed by atoms with Crippen molar-refractivity contribution in [2.45, 2.75) is 55.1 Å². The molecule has 3 nitrogen and oxygen atoms in total. The predicted molar refractivity (Wildman–Crippen MR) is 86.5 cm³/mol. The minimum absolute atomic E-state index is 0.0377.